The molecule has 3 heteroatoms. The first-order valence-electron chi connectivity index (χ1n) is 8.18. The summed E-state index contributed by atoms with van der Waals surface area (Å²) >= 11 is 0. The van der Waals surface area contributed by atoms with Gasteiger partial charge in [-0.3, -0.25) is 4.90 Å². The third kappa shape index (κ3) is 14.1. The minimum atomic E-state index is 0.282. The van der Waals surface area contributed by atoms with Gasteiger partial charge < -0.3 is 10.0 Å². The lowest BCUT2D eigenvalue weighted by Crippen LogP contribution is -2.34. The van der Waals surface area contributed by atoms with E-state index in [9.17, 15) is 0 Å². The van der Waals surface area contributed by atoms with Crippen LogP contribution < -0.4 is 0 Å². The van der Waals surface area contributed by atoms with E-state index in [-0.39, 0.29) is 6.61 Å². The van der Waals surface area contributed by atoms with Gasteiger partial charge in [0.05, 0.1) is 6.61 Å². The van der Waals surface area contributed by atoms with Crippen molar-refractivity contribution in [2.45, 2.75) is 58.3 Å². The largest absolute Gasteiger partial charge is 0.395 e. The van der Waals surface area contributed by atoms with Gasteiger partial charge >= 0.3 is 0 Å². The zero-order chi connectivity index (χ0) is 14.3. The lowest BCUT2D eigenvalue weighted by atomic mass is 10.1. The molecule has 0 spiro atoms. The Bertz CT molecular complexity index is 174. The summed E-state index contributed by atoms with van der Waals surface area (Å²) in [7, 11) is 4.21. The number of nitrogens with zero attached hydrogens (tertiary/aromatic N) is 2. The van der Waals surface area contributed by atoms with Gasteiger partial charge in [0.15, 0.2) is 0 Å². The van der Waals surface area contributed by atoms with E-state index in [1.807, 2.05) is 0 Å². The lowest BCUT2D eigenvalue weighted by molar-refractivity contribution is 0.181. The van der Waals surface area contributed by atoms with Crippen molar-refractivity contribution >= 4 is 0 Å². The van der Waals surface area contributed by atoms with Crippen molar-refractivity contribution in [3.8, 4) is 0 Å². The van der Waals surface area contributed by atoms with Gasteiger partial charge in [-0.05, 0) is 27.1 Å². The maximum absolute atomic E-state index is 9.07. The monoisotopic (exact) mass is 272 g/mol. The Labute approximate surface area is 121 Å². The smallest absolute Gasteiger partial charge is 0.0558 e. The first kappa shape index (κ1) is 18.9. The Hall–Kier alpha value is -0.120. The Kier molecular flexibility index (Phi) is 14.2. The molecule has 0 fully saturated rings. The van der Waals surface area contributed by atoms with E-state index in [0.29, 0.717) is 0 Å². The van der Waals surface area contributed by atoms with E-state index in [1.54, 1.807) is 0 Å². The number of unbranched alkanes of at least 4 members (excludes halogenated alkanes) is 7. The predicted molar refractivity (Wildman–Crippen MR) is 84.7 cm³/mol. The molecule has 0 aromatic carbocycles. The van der Waals surface area contributed by atoms with Gasteiger partial charge in [-0.2, -0.15) is 0 Å². The molecule has 0 saturated carbocycles. The predicted octanol–water partition coefficient (Wildman–Crippen LogP) is 2.98. The minimum Gasteiger partial charge on any atom is -0.395 e. The maximum Gasteiger partial charge on any atom is 0.0558 e. The summed E-state index contributed by atoms with van der Waals surface area (Å²) in [4.78, 5) is 4.59. The fraction of sp³-hybridized carbons (Fsp3) is 1.00. The number of likely N-dealkylation sites (N-methyl/N-ethyl adjacent to an activating group) is 1. The standard InChI is InChI=1S/C16H36N2O/c1-4-5-6-7-8-9-10-11-12-18(15-16-19)14-13-17(2)3/h19H,4-16H2,1-3H3. The number of hydrogen-bond donors (Lipinski definition) is 1. The van der Waals surface area contributed by atoms with Gasteiger partial charge in [0.1, 0.15) is 0 Å². The first-order chi connectivity index (χ1) is 9.20. The van der Waals surface area contributed by atoms with Crippen molar-refractivity contribution in [2.24, 2.45) is 0 Å². The molecule has 0 aliphatic rings. The average Bonchev–Trinajstić information content (AvgIpc) is 2.38. The van der Waals surface area contributed by atoms with Gasteiger partial charge in [-0.15, -0.1) is 0 Å². The molecular formula is C16H36N2O. The fourth-order valence-electron chi connectivity index (χ4n) is 2.29. The minimum absolute atomic E-state index is 0.282. The number of rotatable bonds is 14. The number of hydrogen-bond acceptors (Lipinski definition) is 3. The van der Waals surface area contributed by atoms with Crippen LogP contribution in [0.2, 0.25) is 0 Å². The molecular weight excluding hydrogens is 236 g/mol. The normalized spacial score (nSPS) is 11.7. The van der Waals surface area contributed by atoms with Gasteiger partial charge in [0, 0.05) is 19.6 Å². The van der Waals surface area contributed by atoms with E-state index in [4.69, 9.17) is 5.11 Å². The molecule has 0 heterocycles. The van der Waals surface area contributed by atoms with Crippen LogP contribution >= 0.6 is 0 Å². The number of aliphatic hydroxyl groups excluding tert-OH is 1. The Morgan fingerprint density at radius 2 is 1.26 bits per heavy atom. The Morgan fingerprint density at radius 3 is 1.79 bits per heavy atom. The summed E-state index contributed by atoms with van der Waals surface area (Å²) in [6, 6.07) is 0. The third-order valence-electron chi connectivity index (χ3n) is 3.61. The summed E-state index contributed by atoms with van der Waals surface area (Å²) in [5.41, 5.74) is 0. The molecule has 3 nitrogen and oxygen atoms in total. The van der Waals surface area contributed by atoms with Crippen LogP contribution in [-0.4, -0.2) is 61.8 Å². The average molecular weight is 272 g/mol. The SMILES string of the molecule is CCCCCCCCCCN(CCO)CCN(C)C. The topological polar surface area (TPSA) is 26.7 Å². The second-order valence-electron chi connectivity index (χ2n) is 5.84. The quantitative estimate of drug-likeness (QED) is 0.493. The highest BCUT2D eigenvalue weighted by Gasteiger charge is 2.04. The summed E-state index contributed by atoms with van der Waals surface area (Å²) in [6.07, 6.45) is 11.0. The highest BCUT2D eigenvalue weighted by Crippen LogP contribution is 2.08. The molecule has 0 aromatic heterocycles. The van der Waals surface area contributed by atoms with Gasteiger partial charge in [0.25, 0.3) is 0 Å². The van der Waals surface area contributed by atoms with Crippen molar-refractivity contribution < 1.29 is 5.11 Å². The highest BCUT2D eigenvalue weighted by atomic mass is 16.3. The van der Waals surface area contributed by atoms with Gasteiger partial charge in [-0.25, -0.2) is 0 Å². The van der Waals surface area contributed by atoms with Crippen LogP contribution in [-0.2, 0) is 0 Å². The molecule has 116 valence electrons. The van der Waals surface area contributed by atoms with Gasteiger partial charge in [-0.1, -0.05) is 51.9 Å². The molecule has 0 aromatic rings. The molecule has 19 heavy (non-hydrogen) atoms. The summed E-state index contributed by atoms with van der Waals surface area (Å²) in [6.45, 7) is 6.67. The lowest BCUT2D eigenvalue weighted by Gasteiger charge is -2.23. The molecule has 0 atom stereocenters. The molecule has 0 radical (unpaired) electrons. The molecule has 0 bridgehead atoms. The highest BCUT2D eigenvalue weighted by molar-refractivity contribution is 4.59. The summed E-state index contributed by atoms with van der Waals surface area (Å²) in [5.74, 6) is 0. The van der Waals surface area contributed by atoms with Crippen LogP contribution in [0.5, 0.6) is 0 Å². The van der Waals surface area contributed by atoms with E-state index >= 15 is 0 Å². The van der Waals surface area contributed by atoms with Crippen LogP contribution in [0.1, 0.15) is 58.3 Å². The van der Waals surface area contributed by atoms with E-state index < -0.39 is 0 Å². The summed E-state index contributed by atoms with van der Waals surface area (Å²) in [5, 5.41) is 9.07. The zero-order valence-electron chi connectivity index (χ0n) is 13.5. The van der Waals surface area contributed by atoms with Crippen molar-refractivity contribution in [2.75, 3.05) is 46.9 Å². The summed E-state index contributed by atoms with van der Waals surface area (Å²) < 4.78 is 0. The number of aliphatic hydroxyl groups is 1. The zero-order valence-corrected chi connectivity index (χ0v) is 13.5. The van der Waals surface area contributed by atoms with Gasteiger partial charge in [0.2, 0.25) is 0 Å². The van der Waals surface area contributed by atoms with Crippen LogP contribution in [0.15, 0.2) is 0 Å². The van der Waals surface area contributed by atoms with Crippen LogP contribution in [0, 0.1) is 0 Å². The molecule has 0 aliphatic carbocycles. The van der Waals surface area contributed by atoms with Crippen LogP contribution in [0.3, 0.4) is 0 Å². The Morgan fingerprint density at radius 1 is 0.684 bits per heavy atom. The van der Waals surface area contributed by atoms with E-state index in [1.165, 1.54) is 51.4 Å². The molecule has 0 unspecified atom stereocenters. The molecule has 0 amide bonds. The molecule has 0 aliphatic heterocycles. The fourth-order valence-corrected chi connectivity index (χ4v) is 2.29. The van der Waals surface area contributed by atoms with Crippen molar-refractivity contribution in [1.29, 1.82) is 0 Å². The maximum atomic E-state index is 9.07. The van der Waals surface area contributed by atoms with Crippen LogP contribution in [0.4, 0.5) is 0 Å². The van der Waals surface area contributed by atoms with Crippen molar-refractivity contribution in [1.82, 2.24) is 9.80 Å². The van der Waals surface area contributed by atoms with E-state index in [2.05, 4.69) is 30.8 Å². The first-order valence-corrected chi connectivity index (χ1v) is 8.18. The van der Waals surface area contributed by atoms with Crippen molar-refractivity contribution in [3.63, 3.8) is 0 Å². The third-order valence-corrected chi connectivity index (χ3v) is 3.61. The van der Waals surface area contributed by atoms with Crippen LogP contribution in [0.25, 0.3) is 0 Å². The molecule has 1 N–H and O–H groups in total. The van der Waals surface area contributed by atoms with E-state index in [0.717, 1.165) is 26.2 Å². The molecule has 0 saturated heterocycles. The Balaban J connectivity index is 3.42. The second kappa shape index (κ2) is 14.3. The molecule has 0 rings (SSSR count). The second-order valence-corrected chi connectivity index (χ2v) is 5.84. The van der Waals surface area contributed by atoms with Crippen molar-refractivity contribution in [3.05, 3.63) is 0 Å².